The standard InChI is InChI=1S/C17H20N2OS/c1-16(2)10-8-9-17(16,3)14(13(10)20)21-15-18-11-6-4-5-7-12(11)19-15/h4-7,10,14H,8-9H2,1-3H3,(H,18,19)/t10-,14+,17-/m0/s1. The number of nitrogens with one attached hydrogen (secondary N) is 1. The molecule has 1 N–H and O–H groups in total. The quantitative estimate of drug-likeness (QED) is 0.910. The van der Waals surface area contributed by atoms with Gasteiger partial charge in [-0.2, -0.15) is 0 Å². The third-order valence-corrected chi connectivity index (χ3v) is 7.48. The van der Waals surface area contributed by atoms with Gasteiger partial charge in [-0.3, -0.25) is 4.79 Å². The van der Waals surface area contributed by atoms with Crippen LogP contribution in [0.1, 0.15) is 33.6 Å². The fourth-order valence-electron chi connectivity index (χ4n) is 4.27. The Hall–Kier alpha value is -1.29. The number of aromatic amines is 1. The van der Waals surface area contributed by atoms with Crippen molar-refractivity contribution in [1.82, 2.24) is 9.97 Å². The highest BCUT2D eigenvalue weighted by atomic mass is 32.2. The topological polar surface area (TPSA) is 45.8 Å². The second-order valence-electron chi connectivity index (χ2n) is 7.19. The van der Waals surface area contributed by atoms with E-state index in [2.05, 4.69) is 30.7 Å². The van der Waals surface area contributed by atoms with Crippen LogP contribution in [0.3, 0.4) is 0 Å². The van der Waals surface area contributed by atoms with Crippen molar-refractivity contribution in [1.29, 1.82) is 0 Å². The van der Waals surface area contributed by atoms with Crippen LogP contribution in [0, 0.1) is 16.7 Å². The van der Waals surface area contributed by atoms with Crippen molar-refractivity contribution in [2.75, 3.05) is 0 Å². The van der Waals surface area contributed by atoms with Crippen LogP contribution in [-0.2, 0) is 4.79 Å². The highest BCUT2D eigenvalue weighted by Crippen LogP contribution is 2.67. The highest BCUT2D eigenvalue weighted by Gasteiger charge is 2.66. The first-order chi connectivity index (χ1) is 9.93. The summed E-state index contributed by atoms with van der Waals surface area (Å²) in [5.41, 5.74) is 2.20. The van der Waals surface area contributed by atoms with Crippen LogP contribution in [0.5, 0.6) is 0 Å². The van der Waals surface area contributed by atoms with E-state index in [1.54, 1.807) is 11.8 Å². The predicted molar refractivity (Wildman–Crippen MR) is 85.4 cm³/mol. The molecule has 0 spiro atoms. The number of hydrogen-bond acceptors (Lipinski definition) is 3. The Labute approximate surface area is 128 Å². The Morgan fingerprint density at radius 3 is 2.71 bits per heavy atom. The largest absolute Gasteiger partial charge is 0.333 e. The smallest absolute Gasteiger partial charge is 0.167 e. The average molecular weight is 300 g/mol. The zero-order chi connectivity index (χ0) is 14.8. The van der Waals surface area contributed by atoms with Crippen LogP contribution < -0.4 is 0 Å². The Bertz CT molecular complexity index is 702. The van der Waals surface area contributed by atoms with Crippen molar-refractivity contribution in [3.63, 3.8) is 0 Å². The molecule has 21 heavy (non-hydrogen) atoms. The highest BCUT2D eigenvalue weighted by molar-refractivity contribution is 8.00. The number of carbonyl (C=O) groups is 1. The molecule has 3 nitrogen and oxygen atoms in total. The number of imidazole rings is 1. The fraction of sp³-hybridized carbons (Fsp3) is 0.529. The van der Waals surface area contributed by atoms with Crippen LogP contribution in [-0.4, -0.2) is 21.0 Å². The molecule has 2 saturated carbocycles. The molecule has 0 amide bonds. The molecule has 2 bridgehead atoms. The molecule has 1 heterocycles. The fourth-order valence-corrected chi connectivity index (χ4v) is 5.78. The molecule has 0 radical (unpaired) electrons. The summed E-state index contributed by atoms with van der Waals surface area (Å²) in [5.74, 6) is 0.656. The SMILES string of the molecule is CC1(C)[C@H]2CC[C@@]1(C)[C@H](Sc1nc3ccccc3[nH]1)C2=O. The van der Waals surface area contributed by atoms with Gasteiger partial charge >= 0.3 is 0 Å². The van der Waals surface area contributed by atoms with Crippen LogP contribution in [0.25, 0.3) is 11.0 Å². The number of carbonyl (C=O) groups excluding carboxylic acids is 1. The maximum absolute atomic E-state index is 12.7. The Morgan fingerprint density at radius 2 is 2.05 bits per heavy atom. The lowest BCUT2D eigenvalue weighted by Crippen LogP contribution is -2.35. The minimum absolute atomic E-state index is 0.0341. The van der Waals surface area contributed by atoms with E-state index < -0.39 is 0 Å². The first kappa shape index (κ1) is 13.4. The van der Waals surface area contributed by atoms with E-state index in [9.17, 15) is 4.79 Å². The van der Waals surface area contributed by atoms with E-state index >= 15 is 0 Å². The number of H-pyrrole nitrogens is 1. The minimum atomic E-state index is 0.0341. The van der Waals surface area contributed by atoms with Gasteiger partial charge in [0.15, 0.2) is 5.16 Å². The van der Waals surface area contributed by atoms with Crippen molar-refractivity contribution in [3.05, 3.63) is 24.3 Å². The summed E-state index contributed by atoms with van der Waals surface area (Å²) >= 11 is 1.63. The lowest BCUT2D eigenvalue weighted by Gasteiger charge is -2.37. The minimum Gasteiger partial charge on any atom is -0.333 e. The number of nitrogens with zero attached hydrogens (tertiary/aromatic N) is 1. The number of para-hydroxylation sites is 2. The molecule has 0 unspecified atom stereocenters. The van der Waals surface area contributed by atoms with Crippen LogP contribution in [0.4, 0.5) is 0 Å². The van der Waals surface area contributed by atoms with E-state index in [0.717, 1.165) is 29.0 Å². The van der Waals surface area contributed by atoms with E-state index in [0.29, 0.717) is 5.78 Å². The third kappa shape index (κ3) is 1.62. The van der Waals surface area contributed by atoms with Gasteiger partial charge in [-0.25, -0.2) is 4.98 Å². The molecule has 3 atom stereocenters. The molecule has 4 heteroatoms. The molecule has 1 aromatic carbocycles. The second kappa shape index (κ2) is 4.13. The Morgan fingerprint density at radius 1 is 1.29 bits per heavy atom. The number of rotatable bonds is 2. The first-order valence-electron chi connectivity index (χ1n) is 7.59. The average Bonchev–Trinajstić information content (AvgIpc) is 2.98. The Kier molecular flexibility index (Phi) is 2.63. The van der Waals surface area contributed by atoms with Crippen LogP contribution in [0.2, 0.25) is 0 Å². The van der Waals surface area contributed by atoms with E-state index in [1.165, 1.54) is 0 Å². The summed E-state index contributed by atoms with van der Waals surface area (Å²) in [6.07, 6.45) is 2.20. The molecule has 2 aliphatic carbocycles. The van der Waals surface area contributed by atoms with Crippen molar-refractivity contribution < 1.29 is 4.79 Å². The van der Waals surface area contributed by atoms with Gasteiger partial charge in [0.1, 0.15) is 5.78 Å². The molecular weight excluding hydrogens is 280 g/mol. The summed E-state index contributed by atoms with van der Waals surface area (Å²) in [6, 6.07) is 8.03. The van der Waals surface area contributed by atoms with Gasteiger partial charge < -0.3 is 4.98 Å². The zero-order valence-corrected chi connectivity index (χ0v) is 13.5. The predicted octanol–water partition coefficient (Wildman–Crippen LogP) is 4.05. The second-order valence-corrected chi connectivity index (χ2v) is 8.28. The number of fused-ring (bicyclic) bond motifs is 3. The summed E-state index contributed by atoms with van der Waals surface area (Å²) in [4.78, 5) is 20.7. The number of ketones is 1. The van der Waals surface area contributed by atoms with Crippen LogP contribution in [0.15, 0.2) is 29.4 Å². The molecular formula is C17H20N2OS. The monoisotopic (exact) mass is 300 g/mol. The van der Waals surface area contributed by atoms with Gasteiger partial charge in [0.05, 0.1) is 16.3 Å². The summed E-state index contributed by atoms with van der Waals surface area (Å²) in [6.45, 7) is 6.82. The van der Waals surface area contributed by atoms with Crippen LogP contribution >= 0.6 is 11.8 Å². The van der Waals surface area contributed by atoms with E-state index in [-0.39, 0.29) is 22.0 Å². The lowest BCUT2D eigenvalue weighted by atomic mass is 9.71. The number of thioether (sulfide) groups is 1. The van der Waals surface area contributed by atoms with Crippen molar-refractivity contribution >= 4 is 28.6 Å². The van der Waals surface area contributed by atoms with Gasteiger partial charge in [0.2, 0.25) is 0 Å². The molecule has 0 aliphatic heterocycles. The summed E-state index contributed by atoms with van der Waals surface area (Å²) in [5, 5.41) is 0.908. The Balaban J connectivity index is 1.70. The van der Waals surface area contributed by atoms with E-state index in [4.69, 9.17) is 0 Å². The van der Waals surface area contributed by atoms with Gasteiger partial charge in [0, 0.05) is 5.92 Å². The van der Waals surface area contributed by atoms with Gasteiger partial charge in [-0.1, -0.05) is 44.7 Å². The summed E-state index contributed by atoms with van der Waals surface area (Å²) in [7, 11) is 0. The molecule has 1 aromatic heterocycles. The maximum atomic E-state index is 12.7. The summed E-state index contributed by atoms with van der Waals surface area (Å²) < 4.78 is 0. The molecule has 110 valence electrons. The lowest BCUT2D eigenvalue weighted by molar-refractivity contribution is -0.122. The molecule has 2 fully saturated rings. The van der Waals surface area contributed by atoms with E-state index in [1.807, 2.05) is 24.3 Å². The number of hydrogen-bond donors (Lipinski definition) is 1. The van der Waals surface area contributed by atoms with Crippen molar-refractivity contribution in [2.45, 2.75) is 44.0 Å². The molecule has 2 aromatic rings. The van der Waals surface area contributed by atoms with Crippen molar-refractivity contribution in [3.8, 4) is 0 Å². The van der Waals surface area contributed by atoms with Crippen molar-refractivity contribution in [2.24, 2.45) is 16.7 Å². The molecule has 2 aliphatic rings. The number of Topliss-reactive ketones (excluding diaryl/α,β-unsaturated/α-hetero) is 1. The first-order valence-corrected chi connectivity index (χ1v) is 8.46. The normalized spacial score (nSPS) is 34.0. The number of benzene rings is 1. The molecule has 4 rings (SSSR count). The third-order valence-electron chi connectivity index (χ3n) is 6.07. The van der Waals surface area contributed by atoms with Gasteiger partial charge in [-0.15, -0.1) is 0 Å². The zero-order valence-electron chi connectivity index (χ0n) is 12.6. The number of aromatic nitrogens is 2. The maximum Gasteiger partial charge on any atom is 0.167 e. The molecule has 0 saturated heterocycles. The van der Waals surface area contributed by atoms with Gasteiger partial charge in [0.25, 0.3) is 0 Å². The van der Waals surface area contributed by atoms with Gasteiger partial charge in [-0.05, 0) is 35.8 Å².